The summed E-state index contributed by atoms with van der Waals surface area (Å²) in [6, 6.07) is 5.38. The summed E-state index contributed by atoms with van der Waals surface area (Å²) >= 11 is 0. The highest BCUT2D eigenvalue weighted by Gasteiger charge is 2.14. The number of hydrogen-bond donors (Lipinski definition) is 0. The standard InChI is InChI=1S/C16H18O2/c1-3-12-9-15(7-8-16(12)18)14-6-4-5-13(10-14)11(2)17/h4,6-10,13,18H,3,5H2,1-2H3/p-1. The molecule has 1 unspecified atom stereocenters. The van der Waals surface area contributed by atoms with Gasteiger partial charge in [-0.15, -0.1) is 5.75 Å². The SMILES string of the molecule is CCc1cc(C2=CC(C(C)=O)CC=C2)ccc1[O-]. The number of carbonyl (C=O) groups excluding carboxylic acids is 1. The topological polar surface area (TPSA) is 40.1 Å². The Bertz CT molecular complexity index is 524. The molecular formula is C16H17O2-. The van der Waals surface area contributed by atoms with Crippen LogP contribution in [0.25, 0.3) is 5.57 Å². The zero-order chi connectivity index (χ0) is 13.1. The van der Waals surface area contributed by atoms with Crippen molar-refractivity contribution in [2.75, 3.05) is 0 Å². The molecule has 1 aliphatic carbocycles. The monoisotopic (exact) mass is 241 g/mol. The van der Waals surface area contributed by atoms with E-state index in [1.165, 1.54) is 0 Å². The van der Waals surface area contributed by atoms with E-state index < -0.39 is 0 Å². The van der Waals surface area contributed by atoms with E-state index >= 15 is 0 Å². The van der Waals surface area contributed by atoms with Crippen molar-refractivity contribution in [3.8, 4) is 5.75 Å². The predicted octanol–water partition coefficient (Wildman–Crippen LogP) is 2.87. The highest BCUT2D eigenvalue weighted by molar-refractivity contribution is 5.86. The number of Topliss-reactive ketones (excluding diaryl/α,β-unsaturated/α-hetero) is 1. The summed E-state index contributed by atoms with van der Waals surface area (Å²) in [6.07, 6.45) is 7.57. The van der Waals surface area contributed by atoms with Gasteiger partial charge in [-0.05, 0) is 30.9 Å². The van der Waals surface area contributed by atoms with Crippen LogP contribution in [0.1, 0.15) is 31.4 Å². The summed E-state index contributed by atoms with van der Waals surface area (Å²) in [7, 11) is 0. The van der Waals surface area contributed by atoms with E-state index in [9.17, 15) is 9.90 Å². The molecule has 0 bridgehead atoms. The van der Waals surface area contributed by atoms with Crippen molar-refractivity contribution in [3.63, 3.8) is 0 Å². The molecule has 0 aliphatic heterocycles. The molecule has 0 saturated carbocycles. The quantitative estimate of drug-likeness (QED) is 0.816. The minimum absolute atomic E-state index is 0.0259. The molecule has 2 heteroatoms. The number of benzene rings is 1. The van der Waals surface area contributed by atoms with Crippen LogP contribution in [0.2, 0.25) is 0 Å². The third-order valence-electron chi connectivity index (χ3n) is 3.37. The van der Waals surface area contributed by atoms with Crippen LogP contribution in [0.3, 0.4) is 0 Å². The second-order valence-electron chi connectivity index (χ2n) is 4.65. The molecule has 0 fully saturated rings. The van der Waals surface area contributed by atoms with Gasteiger partial charge in [-0.1, -0.05) is 48.9 Å². The smallest absolute Gasteiger partial charge is 0.136 e. The van der Waals surface area contributed by atoms with Crippen LogP contribution in [0.5, 0.6) is 5.75 Å². The van der Waals surface area contributed by atoms with Crippen molar-refractivity contribution in [2.24, 2.45) is 5.92 Å². The van der Waals surface area contributed by atoms with Crippen molar-refractivity contribution in [1.82, 2.24) is 0 Å². The molecule has 0 aromatic heterocycles. The van der Waals surface area contributed by atoms with E-state index in [4.69, 9.17) is 0 Å². The average molecular weight is 241 g/mol. The number of ketones is 1. The Morgan fingerprint density at radius 2 is 2.22 bits per heavy atom. The van der Waals surface area contributed by atoms with Gasteiger partial charge in [0.2, 0.25) is 0 Å². The largest absolute Gasteiger partial charge is 0.872 e. The van der Waals surface area contributed by atoms with Crippen LogP contribution in [0.15, 0.2) is 36.4 Å². The van der Waals surface area contributed by atoms with Gasteiger partial charge in [0.15, 0.2) is 0 Å². The Labute approximate surface area is 108 Å². The summed E-state index contributed by atoms with van der Waals surface area (Å²) < 4.78 is 0. The fourth-order valence-corrected chi connectivity index (χ4v) is 2.19. The number of aryl methyl sites for hydroxylation is 1. The molecule has 0 radical (unpaired) electrons. The molecule has 0 N–H and O–H groups in total. The van der Waals surface area contributed by atoms with Gasteiger partial charge in [0.05, 0.1) is 0 Å². The molecule has 2 nitrogen and oxygen atoms in total. The van der Waals surface area contributed by atoms with E-state index in [-0.39, 0.29) is 17.5 Å². The van der Waals surface area contributed by atoms with Gasteiger partial charge in [0, 0.05) is 5.92 Å². The van der Waals surface area contributed by atoms with Crippen LogP contribution in [-0.4, -0.2) is 5.78 Å². The summed E-state index contributed by atoms with van der Waals surface area (Å²) in [5.41, 5.74) is 2.89. The molecule has 0 spiro atoms. The predicted molar refractivity (Wildman–Crippen MR) is 71.2 cm³/mol. The third-order valence-corrected chi connectivity index (χ3v) is 3.37. The van der Waals surface area contributed by atoms with Crippen LogP contribution in [0, 0.1) is 5.92 Å². The lowest BCUT2D eigenvalue weighted by atomic mass is 9.89. The first-order chi connectivity index (χ1) is 8.61. The van der Waals surface area contributed by atoms with Crippen LogP contribution in [0.4, 0.5) is 0 Å². The maximum atomic E-state index is 11.6. The van der Waals surface area contributed by atoms with E-state index in [0.29, 0.717) is 0 Å². The maximum absolute atomic E-state index is 11.6. The summed E-state index contributed by atoms with van der Waals surface area (Å²) in [5.74, 6) is 0.250. The zero-order valence-electron chi connectivity index (χ0n) is 10.8. The fraction of sp³-hybridized carbons (Fsp3) is 0.312. The summed E-state index contributed by atoms with van der Waals surface area (Å²) in [5, 5.41) is 11.6. The minimum Gasteiger partial charge on any atom is -0.872 e. The van der Waals surface area contributed by atoms with Crippen molar-refractivity contribution in [1.29, 1.82) is 0 Å². The molecule has 94 valence electrons. The molecule has 18 heavy (non-hydrogen) atoms. The lowest BCUT2D eigenvalue weighted by molar-refractivity contribution is -0.269. The van der Waals surface area contributed by atoms with Gasteiger partial charge in [0.25, 0.3) is 0 Å². The molecule has 2 rings (SSSR count). The van der Waals surface area contributed by atoms with Gasteiger partial charge in [0.1, 0.15) is 5.78 Å². The van der Waals surface area contributed by atoms with Gasteiger partial charge in [-0.2, -0.15) is 0 Å². The number of carbonyl (C=O) groups is 1. The van der Waals surface area contributed by atoms with Gasteiger partial charge in [-0.25, -0.2) is 0 Å². The molecular weight excluding hydrogens is 224 g/mol. The van der Waals surface area contributed by atoms with E-state index in [0.717, 1.165) is 29.5 Å². The van der Waals surface area contributed by atoms with Crippen molar-refractivity contribution in [3.05, 3.63) is 47.6 Å². The first-order valence-corrected chi connectivity index (χ1v) is 6.31. The summed E-state index contributed by atoms with van der Waals surface area (Å²) in [6.45, 7) is 3.60. The first-order valence-electron chi connectivity index (χ1n) is 6.31. The Hall–Kier alpha value is -1.83. The lowest BCUT2D eigenvalue weighted by Crippen LogP contribution is -2.09. The zero-order valence-corrected chi connectivity index (χ0v) is 10.8. The summed E-state index contributed by atoms with van der Waals surface area (Å²) in [4.78, 5) is 11.4. The van der Waals surface area contributed by atoms with E-state index in [1.54, 1.807) is 13.0 Å². The maximum Gasteiger partial charge on any atom is 0.136 e. The normalized spacial score (nSPS) is 18.6. The Morgan fingerprint density at radius 1 is 1.44 bits per heavy atom. The Balaban J connectivity index is 2.36. The molecule has 1 aromatic rings. The average Bonchev–Trinajstić information content (AvgIpc) is 2.39. The van der Waals surface area contributed by atoms with E-state index in [1.807, 2.05) is 37.3 Å². The number of allylic oxidation sites excluding steroid dienone is 4. The van der Waals surface area contributed by atoms with Crippen LogP contribution < -0.4 is 5.11 Å². The number of rotatable bonds is 3. The Kier molecular flexibility index (Phi) is 3.66. The first kappa shape index (κ1) is 12.6. The van der Waals surface area contributed by atoms with Crippen molar-refractivity contribution in [2.45, 2.75) is 26.7 Å². The molecule has 1 atom stereocenters. The fourth-order valence-electron chi connectivity index (χ4n) is 2.19. The molecule has 0 saturated heterocycles. The molecule has 1 aliphatic rings. The lowest BCUT2D eigenvalue weighted by Gasteiger charge is -2.17. The molecule has 0 amide bonds. The number of hydrogen-bond acceptors (Lipinski definition) is 2. The Morgan fingerprint density at radius 3 is 2.89 bits per heavy atom. The molecule has 1 aromatic carbocycles. The highest BCUT2D eigenvalue weighted by Crippen LogP contribution is 2.27. The van der Waals surface area contributed by atoms with Gasteiger partial charge >= 0.3 is 0 Å². The van der Waals surface area contributed by atoms with Gasteiger partial charge in [-0.3, -0.25) is 4.79 Å². The van der Waals surface area contributed by atoms with Crippen LogP contribution in [-0.2, 0) is 11.2 Å². The molecule has 0 heterocycles. The van der Waals surface area contributed by atoms with Crippen LogP contribution >= 0.6 is 0 Å². The van der Waals surface area contributed by atoms with E-state index in [2.05, 4.69) is 0 Å². The third kappa shape index (κ3) is 2.53. The second kappa shape index (κ2) is 5.21. The minimum atomic E-state index is -0.0259. The van der Waals surface area contributed by atoms with Crippen molar-refractivity contribution >= 4 is 11.4 Å². The van der Waals surface area contributed by atoms with Crippen molar-refractivity contribution < 1.29 is 9.90 Å². The second-order valence-corrected chi connectivity index (χ2v) is 4.65. The van der Waals surface area contributed by atoms with Gasteiger partial charge < -0.3 is 5.11 Å². The highest BCUT2D eigenvalue weighted by atomic mass is 16.3.